The average molecular weight is 236 g/mol. The summed E-state index contributed by atoms with van der Waals surface area (Å²) in [6.45, 7) is 3.32. The second-order valence-corrected chi connectivity index (χ2v) is 5.10. The molecule has 17 heavy (non-hydrogen) atoms. The Bertz CT molecular complexity index is 353. The molecule has 2 saturated heterocycles. The van der Waals surface area contributed by atoms with Crippen LogP contribution in [0.1, 0.15) is 43.4 Å². The fourth-order valence-corrected chi connectivity index (χ4v) is 2.73. The maximum absolute atomic E-state index is 5.35. The van der Waals surface area contributed by atoms with Gasteiger partial charge in [-0.25, -0.2) is 0 Å². The lowest BCUT2D eigenvalue weighted by molar-refractivity contribution is 0.331. The summed E-state index contributed by atoms with van der Waals surface area (Å²) in [5.74, 6) is 2.39. The zero-order valence-corrected chi connectivity index (χ0v) is 10.1. The van der Waals surface area contributed by atoms with Crippen LogP contribution in [-0.4, -0.2) is 29.8 Å². The van der Waals surface area contributed by atoms with E-state index in [1.165, 1.54) is 19.3 Å². The van der Waals surface area contributed by atoms with Crippen molar-refractivity contribution in [2.45, 2.75) is 38.1 Å². The summed E-state index contributed by atoms with van der Waals surface area (Å²) in [5, 5.41) is 10.9. The molecule has 1 aromatic rings. The molecular weight excluding hydrogens is 216 g/mol. The van der Waals surface area contributed by atoms with Crippen LogP contribution in [0.25, 0.3) is 0 Å². The van der Waals surface area contributed by atoms with Gasteiger partial charge in [-0.05, 0) is 51.2 Å². The third-order valence-corrected chi connectivity index (χ3v) is 3.77. The first kappa shape index (κ1) is 11.2. The Morgan fingerprint density at radius 3 is 2.82 bits per heavy atom. The van der Waals surface area contributed by atoms with Crippen LogP contribution in [0.15, 0.2) is 4.52 Å². The van der Waals surface area contributed by atoms with Crippen LogP contribution in [0.5, 0.6) is 0 Å². The van der Waals surface area contributed by atoms with E-state index < -0.39 is 0 Å². The Labute approximate surface area is 101 Å². The molecule has 1 atom stereocenters. The maximum atomic E-state index is 5.35. The number of aromatic nitrogens is 2. The van der Waals surface area contributed by atoms with E-state index in [2.05, 4.69) is 20.8 Å². The number of nitrogens with one attached hydrogen (secondary N) is 2. The molecule has 0 aliphatic carbocycles. The fourth-order valence-electron chi connectivity index (χ4n) is 2.73. The molecular formula is C12H20N4O. The van der Waals surface area contributed by atoms with E-state index in [1.54, 1.807) is 0 Å². The van der Waals surface area contributed by atoms with Crippen molar-refractivity contribution in [3.63, 3.8) is 0 Å². The van der Waals surface area contributed by atoms with Gasteiger partial charge in [0.15, 0.2) is 5.82 Å². The first-order valence-corrected chi connectivity index (χ1v) is 6.68. The molecule has 1 unspecified atom stereocenters. The molecule has 2 aliphatic heterocycles. The van der Waals surface area contributed by atoms with Gasteiger partial charge in [-0.2, -0.15) is 4.98 Å². The second-order valence-electron chi connectivity index (χ2n) is 5.10. The minimum Gasteiger partial charge on any atom is -0.338 e. The summed E-state index contributed by atoms with van der Waals surface area (Å²) in [6.07, 6.45) is 5.75. The maximum Gasteiger partial charge on any atom is 0.243 e. The van der Waals surface area contributed by atoms with Gasteiger partial charge in [0, 0.05) is 6.42 Å². The number of rotatable bonds is 3. The highest BCUT2D eigenvalue weighted by Gasteiger charge is 2.23. The van der Waals surface area contributed by atoms with Gasteiger partial charge in [-0.3, -0.25) is 0 Å². The lowest BCUT2D eigenvalue weighted by atomic mass is 9.94. The van der Waals surface area contributed by atoms with Crippen molar-refractivity contribution in [2.24, 2.45) is 5.92 Å². The summed E-state index contributed by atoms with van der Waals surface area (Å²) >= 11 is 0. The van der Waals surface area contributed by atoms with Gasteiger partial charge in [0.2, 0.25) is 5.89 Å². The van der Waals surface area contributed by atoms with Crippen LogP contribution in [0.4, 0.5) is 0 Å². The van der Waals surface area contributed by atoms with E-state index in [0.717, 1.165) is 50.1 Å². The number of hydrogen-bond acceptors (Lipinski definition) is 5. The third kappa shape index (κ3) is 2.66. The van der Waals surface area contributed by atoms with E-state index >= 15 is 0 Å². The Hall–Kier alpha value is -0.940. The Morgan fingerprint density at radius 2 is 2.06 bits per heavy atom. The number of hydrogen-bond donors (Lipinski definition) is 2. The minimum atomic E-state index is 0.296. The third-order valence-electron chi connectivity index (χ3n) is 3.77. The fraction of sp³-hybridized carbons (Fsp3) is 0.833. The van der Waals surface area contributed by atoms with Gasteiger partial charge < -0.3 is 15.2 Å². The summed E-state index contributed by atoms with van der Waals surface area (Å²) < 4.78 is 5.35. The average Bonchev–Trinajstić information content (AvgIpc) is 3.00. The van der Waals surface area contributed by atoms with Crippen molar-refractivity contribution in [1.82, 2.24) is 20.8 Å². The smallest absolute Gasteiger partial charge is 0.243 e. The molecule has 0 radical (unpaired) electrons. The van der Waals surface area contributed by atoms with Crippen LogP contribution >= 0.6 is 0 Å². The summed E-state index contributed by atoms with van der Waals surface area (Å²) in [6, 6.07) is 0.296. The molecule has 0 saturated carbocycles. The van der Waals surface area contributed by atoms with Crippen molar-refractivity contribution >= 4 is 0 Å². The first-order chi connectivity index (χ1) is 8.42. The van der Waals surface area contributed by atoms with Gasteiger partial charge in [0.05, 0.1) is 6.04 Å². The van der Waals surface area contributed by atoms with Crippen molar-refractivity contribution in [3.8, 4) is 0 Å². The SMILES string of the molecule is C1CNC(c2nc(CC3CCNCC3)no2)C1. The number of nitrogens with zero attached hydrogens (tertiary/aromatic N) is 2. The Morgan fingerprint density at radius 1 is 1.18 bits per heavy atom. The monoisotopic (exact) mass is 236 g/mol. The molecule has 3 rings (SSSR count). The minimum absolute atomic E-state index is 0.296. The van der Waals surface area contributed by atoms with Crippen LogP contribution in [-0.2, 0) is 6.42 Å². The van der Waals surface area contributed by atoms with E-state index in [-0.39, 0.29) is 0 Å². The lowest BCUT2D eigenvalue weighted by Gasteiger charge is -2.20. The van der Waals surface area contributed by atoms with Gasteiger partial charge in [-0.15, -0.1) is 0 Å². The van der Waals surface area contributed by atoms with Crippen LogP contribution in [0.3, 0.4) is 0 Å². The molecule has 2 N–H and O–H groups in total. The summed E-state index contributed by atoms with van der Waals surface area (Å²) in [5.41, 5.74) is 0. The molecule has 5 heteroatoms. The number of piperidine rings is 1. The topological polar surface area (TPSA) is 63.0 Å². The normalized spacial score (nSPS) is 26.5. The largest absolute Gasteiger partial charge is 0.338 e. The van der Waals surface area contributed by atoms with Gasteiger partial charge in [0.1, 0.15) is 0 Å². The van der Waals surface area contributed by atoms with Gasteiger partial charge >= 0.3 is 0 Å². The molecule has 3 heterocycles. The van der Waals surface area contributed by atoms with Crippen molar-refractivity contribution in [2.75, 3.05) is 19.6 Å². The zero-order valence-electron chi connectivity index (χ0n) is 10.1. The van der Waals surface area contributed by atoms with E-state index in [4.69, 9.17) is 4.52 Å². The highest BCUT2D eigenvalue weighted by molar-refractivity contribution is 4.96. The first-order valence-electron chi connectivity index (χ1n) is 6.68. The predicted molar refractivity (Wildman–Crippen MR) is 63.6 cm³/mol. The van der Waals surface area contributed by atoms with Crippen LogP contribution in [0.2, 0.25) is 0 Å². The lowest BCUT2D eigenvalue weighted by Crippen LogP contribution is -2.28. The van der Waals surface area contributed by atoms with Crippen molar-refractivity contribution < 1.29 is 4.52 Å². The van der Waals surface area contributed by atoms with E-state index in [9.17, 15) is 0 Å². The van der Waals surface area contributed by atoms with Crippen molar-refractivity contribution in [1.29, 1.82) is 0 Å². The second kappa shape index (κ2) is 5.14. The molecule has 0 bridgehead atoms. The van der Waals surface area contributed by atoms with E-state index in [1.807, 2.05) is 0 Å². The highest BCUT2D eigenvalue weighted by atomic mass is 16.5. The molecule has 0 aromatic carbocycles. The van der Waals surface area contributed by atoms with Gasteiger partial charge in [0.25, 0.3) is 0 Å². The standard InChI is InChI=1S/C12H20N4O/c1-2-10(14-5-1)12-15-11(16-17-12)8-9-3-6-13-7-4-9/h9-10,13-14H,1-8H2. The van der Waals surface area contributed by atoms with Crippen molar-refractivity contribution in [3.05, 3.63) is 11.7 Å². The molecule has 0 amide bonds. The molecule has 0 spiro atoms. The zero-order chi connectivity index (χ0) is 11.5. The van der Waals surface area contributed by atoms with E-state index in [0.29, 0.717) is 6.04 Å². The molecule has 2 aliphatic rings. The quantitative estimate of drug-likeness (QED) is 0.821. The van der Waals surface area contributed by atoms with Gasteiger partial charge in [-0.1, -0.05) is 5.16 Å². The predicted octanol–water partition coefficient (Wildman–Crippen LogP) is 1.04. The Kier molecular flexibility index (Phi) is 3.38. The highest BCUT2D eigenvalue weighted by Crippen LogP contribution is 2.22. The molecule has 5 nitrogen and oxygen atoms in total. The molecule has 94 valence electrons. The molecule has 1 aromatic heterocycles. The summed E-state index contributed by atoms with van der Waals surface area (Å²) in [4.78, 5) is 4.53. The van der Waals surface area contributed by atoms with Crippen LogP contribution in [0, 0.1) is 5.92 Å². The summed E-state index contributed by atoms with van der Waals surface area (Å²) in [7, 11) is 0. The molecule has 2 fully saturated rings. The van der Waals surface area contributed by atoms with Crippen LogP contribution < -0.4 is 10.6 Å². The Balaban J connectivity index is 1.59.